The van der Waals surface area contributed by atoms with Crippen molar-refractivity contribution in [1.29, 1.82) is 0 Å². The number of carbonyl (C=O) groups is 2. The Morgan fingerprint density at radius 2 is 1.60 bits per heavy atom. The summed E-state index contributed by atoms with van der Waals surface area (Å²) >= 11 is 0. The van der Waals surface area contributed by atoms with Crippen molar-refractivity contribution in [3.63, 3.8) is 0 Å². The quantitative estimate of drug-likeness (QED) is 0.203. The van der Waals surface area contributed by atoms with Gasteiger partial charge in [0.25, 0.3) is 0 Å². The summed E-state index contributed by atoms with van der Waals surface area (Å²) in [7, 11) is 1.97. The minimum atomic E-state index is -5.08. The number of carboxylic acid groups (broad SMARTS) is 2. The van der Waals surface area contributed by atoms with Crippen LogP contribution in [0.1, 0.15) is 40.0 Å². The van der Waals surface area contributed by atoms with Crippen molar-refractivity contribution in [3.8, 4) is 11.3 Å². The third-order valence-corrected chi connectivity index (χ3v) is 6.77. The fraction of sp³-hybridized carbons (Fsp3) is 0.194. The average Bonchev–Trinajstić information content (AvgIpc) is 3.26. The van der Waals surface area contributed by atoms with Crippen molar-refractivity contribution in [1.82, 2.24) is 4.57 Å². The summed E-state index contributed by atoms with van der Waals surface area (Å²) in [5.74, 6) is -3.22. The molecule has 218 valence electrons. The Bertz CT molecular complexity index is 1890. The van der Waals surface area contributed by atoms with Crippen molar-refractivity contribution in [3.05, 3.63) is 99.3 Å². The Morgan fingerprint density at radius 3 is 2.24 bits per heavy atom. The van der Waals surface area contributed by atoms with Crippen LogP contribution in [0.3, 0.4) is 0 Å². The molecule has 0 amide bonds. The molecule has 0 saturated heterocycles. The van der Waals surface area contributed by atoms with Crippen LogP contribution in [0.15, 0.2) is 76.1 Å². The van der Waals surface area contributed by atoms with Gasteiger partial charge in [-0.3, -0.25) is 4.79 Å². The van der Waals surface area contributed by atoms with E-state index < -0.39 is 18.1 Å². The Labute approximate surface area is 237 Å². The molecular weight excluding hydrogens is 553 g/mol. The molecule has 42 heavy (non-hydrogen) atoms. The maximum Gasteiger partial charge on any atom is 0.490 e. The van der Waals surface area contributed by atoms with E-state index in [1.54, 1.807) is 31.2 Å². The van der Waals surface area contributed by atoms with Gasteiger partial charge in [0.1, 0.15) is 11.3 Å². The molecule has 0 saturated carbocycles. The van der Waals surface area contributed by atoms with Crippen LogP contribution in [0.25, 0.3) is 33.2 Å². The van der Waals surface area contributed by atoms with E-state index in [-0.39, 0.29) is 17.0 Å². The lowest BCUT2D eigenvalue weighted by atomic mass is 9.98. The highest BCUT2D eigenvalue weighted by Crippen LogP contribution is 2.36. The van der Waals surface area contributed by atoms with Crippen molar-refractivity contribution in [2.24, 2.45) is 7.05 Å². The molecule has 0 aliphatic rings. The number of carboxylic acids is 2. The number of fused-ring (bicyclic) bond motifs is 2. The lowest BCUT2D eigenvalue weighted by Gasteiger charge is -2.20. The molecule has 8 nitrogen and oxygen atoms in total. The first kappa shape index (κ1) is 29.9. The highest BCUT2D eigenvalue weighted by atomic mass is 19.4. The standard InChI is InChI=1S/C29H26N2O4.C2HF3O2/c1-16-13-21(18(3)30-24-11-7-5-10-20(24)29(33)34)28-22(14-16)26(32)17(2)27(35-28)23-15-31(4)25-12-8-6-9-19(23)25;3-2(4,5)1(6)7/h5-15,18,30H,1-4H3,(H,33,34);(H,6,7). The number of hydrogen-bond acceptors (Lipinski definition) is 5. The smallest absolute Gasteiger partial charge is 0.478 e. The molecule has 2 heterocycles. The van der Waals surface area contributed by atoms with Gasteiger partial charge in [-0.2, -0.15) is 13.2 Å². The van der Waals surface area contributed by atoms with Crippen LogP contribution in [-0.4, -0.2) is 32.9 Å². The van der Waals surface area contributed by atoms with E-state index in [2.05, 4.69) is 5.32 Å². The van der Waals surface area contributed by atoms with Gasteiger partial charge in [0.2, 0.25) is 0 Å². The lowest BCUT2D eigenvalue weighted by molar-refractivity contribution is -0.192. The minimum absolute atomic E-state index is 0.0720. The number of para-hydroxylation sites is 2. The second-order valence-corrected chi connectivity index (χ2v) is 9.81. The number of halogens is 3. The summed E-state index contributed by atoms with van der Waals surface area (Å²) in [5.41, 5.74) is 5.31. The van der Waals surface area contributed by atoms with Gasteiger partial charge < -0.3 is 24.5 Å². The van der Waals surface area contributed by atoms with E-state index >= 15 is 0 Å². The van der Waals surface area contributed by atoms with E-state index in [9.17, 15) is 27.9 Å². The molecule has 11 heteroatoms. The zero-order chi connectivity index (χ0) is 30.9. The molecule has 3 aromatic carbocycles. The fourth-order valence-corrected chi connectivity index (χ4v) is 4.78. The van der Waals surface area contributed by atoms with Crippen LogP contribution in [0.2, 0.25) is 0 Å². The van der Waals surface area contributed by atoms with Gasteiger partial charge in [-0.05, 0) is 50.6 Å². The van der Waals surface area contributed by atoms with Crippen molar-refractivity contribution in [2.75, 3.05) is 5.32 Å². The second kappa shape index (κ2) is 11.4. The van der Waals surface area contributed by atoms with Crippen LogP contribution in [0, 0.1) is 13.8 Å². The van der Waals surface area contributed by atoms with Gasteiger partial charge in [0.05, 0.1) is 17.0 Å². The SMILES string of the molecule is Cc1cc(C(C)Nc2ccccc2C(=O)O)c2oc(-c3cn(C)c4ccccc34)c(C)c(=O)c2c1.O=C(O)C(F)(F)F. The van der Waals surface area contributed by atoms with E-state index in [4.69, 9.17) is 14.3 Å². The average molecular weight is 581 g/mol. The number of rotatable bonds is 5. The first-order valence-electron chi connectivity index (χ1n) is 12.7. The Morgan fingerprint density at radius 1 is 0.976 bits per heavy atom. The molecule has 0 fully saturated rings. The van der Waals surface area contributed by atoms with Crippen LogP contribution in [-0.2, 0) is 11.8 Å². The van der Waals surface area contributed by atoms with Crippen LogP contribution < -0.4 is 10.7 Å². The number of nitrogens with zero attached hydrogens (tertiary/aromatic N) is 1. The number of nitrogens with one attached hydrogen (secondary N) is 1. The molecule has 0 aliphatic carbocycles. The Kier molecular flexibility index (Phi) is 8.14. The molecule has 0 spiro atoms. The zero-order valence-electron chi connectivity index (χ0n) is 23.0. The van der Waals surface area contributed by atoms with Gasteiger partial charge in [0, 0.05) is 46.5 Å². The largest absolute Gasteiger partial charge is 0.490 e. The molecule has 5 aromatic rings. The topological polar surface area (TPSA) is 122 Å². The fourth-order valence-electron chi connectivity index (χ4n) is 4.78. The van der Waals surface area contributed by atoms with Gasteiger partial charge >= 0.3 is 18.1 Å². The molecule has 3 N–H and O–H groups in total. The normalized spacial score (nSPS) is 12.1. The molecule has 0 radical (unpaired) electrons. The number of anilines is 1. The summed E-state index contributed by atoms with van der Waals surface area (Å²) in [6.45, 7) is 5.67. The summed E-state index contributed by atoms with van der Waals surface area (Å²) < 4.78 is 40.3. The zero-order valence-corrected chi connectivity index (χ0v) is 23.0. The Hall–Kier alpha value is -5.06. The number of aromatic nitrogens is 1. The second-order valence-electron chi connectivity index (χ2n) is 9.81. The third-order valence-electron chi connectivity index (χ3n) is 6.77. The summed E-state index contributed by atoms with van der Waals surface area (Å²) in [6, 6.07) is 18.3. The highest BCUT2D eigenvalue weighted by Gasteiger charge is 2.38. The Balaban J connectivity index is 0.000000517. The summed E-state index contributed by atoms with van der Waals surface area (Å²) in [6.07, 6.45) is -3.10. The third kappa shape index (κ3) is 5.85. The number of alkyl halides is 3. The van der Waals surface area contributed by atoms with Crippen LogP contribution in [0.4, 0.5) is 18.9 Å². The maximum atomic E-state index is 13.5. The van der Waals surface area contributed by atoms with Gasteiger partial charge in [-0.25, -0.2) is 9.59 Å². The molecule has 1 atom stereocenters. The van der Waals surface area contributed by atoms with E-state index in [0.29, 0.717) is 28.0 Å². The monoisotopic (exact) mass is 580 g/mol. The molecular formula is C31H27F3N2O6. The predicted molar refractivity (Wildman–Crippen MR) is 153 cm³/mol. The molecule has 0 bridgehead atoms. The highest BCUT2D eigenvalue weighted by molar-refractivity contribution is 5.97. The molecule has 5 rings (SSSR count). The number of hydrogen-bond donors (Lipinski definition) is 3. The van der Waals surface area contributed by atoms with Crippen molar-refractivity contribution >= 4 is 39.5 Å². The van der Waals surface area contributed by atoms with E-state index in [1.165, 1.54) is 0 Å². The first-order chi connectivity index (χ1) is 19.7. The first-order valence-corrected chi connectivity index (χ1v) is 12.7. The van der Waals surface area contributed by atoms with E-state index in [0.717, 1.165) is 27.6 Å². The van der Waals surface area contributed by atoms with Crippen LogP contribution in [0.5, 0.6) is 0 Å². The predicted octanol–water partition coefficient (Wildman–Crippen LogP) is 7.07. The number of aliphatic carboxylic acids is 1. The van der Waals surface area contributed by atoms with Gasteiger partial charge in [0.15, 0.2) is 5.43 Å². The van der Waals surface area contributed by atoms with Crippen LogP contribution >= 0.6 is 0 Å². The lowest BCUT2D eigenvalue weighted by Crippen LogP contribution is -2.21. The molecule has 2 aromatic heterocycles. The maximum absolute atomic E-state index is 13.5. The van der Waals surface area contributed by atoms with Gasteiger partial charge in [-0.1, -0.05) is 36.4 Å². The van der Waals surface area contributed by atoms with Gasteiger partial charge in [-0.15, -0.1) is 0 Å². The van der Waals surface area contributed by atoms with Crippen molar-refractivity contribution < 1.29 is 37.4 Å². The summed E-state index contributed by atoms with van der Waals surface area (Å²) in [4.78, 5) is 34.1. The number of benzene rings is 3. The minimum Gasteiger partial charge on any atom is -0.478 e. The van der Waals surface area contributed by atoms with E-state index in [1.807, 2.05) is 68.1 Å². The molecule has 0 aliphatic heterocycles. The number of aromatic carboxylic acids is 1. The molecule has 1 unspecified atom stereocenters. The summed E-state index contributed by atoms with van der Waals surface area (Å²) in [5, 5.41) is 21.5. The van der Waals surface area contributed by atoms with Crippen molar-refractivity contribution in [2.45, 2.75) is 33.0 Å². The number of aryl methyl sites for hydroxylation is 2.